The van der Waals surface area contributed by atoms with Crippen LogP contribution in [0.15, 0.2) is 5.38 Å². The number of hydrogen-bond acceptors (Lipinski definition) is 5. The molecule has 5 nitrogen and oxygen atoms in total. The van der Waals surface area contributed by atoms with Crippen molar-refractivity contribution in [2.45, 2.75) is 26.8 Å². The first-order valence-corrected chi connectivity index (χ1v) is 6.18. The largest absolute Gasteiger partial charge is 0.330 e. The topological polar surface area (TPSA) is 69.6 Å². The molecule has 0 atom stereocenters. The molecule has 0 fully saturated rings. The number of thiazole rings is 1. The van der Waals surface area contributed by atoms with E-state index in [1.54, 1.807) is 11.3 Å². The van der Waals surface area contributed by atoms with Crippen LogP contribution in [0, 0.1) is 6.92 Å². The van der Waals surface area contributed by atoms with E-state index in [1.165, 1.54) is 0 Å². The Kier molecular flexibility index (Phi) is 3.31. The first-order chi connectivity index (χ1) is 7.76. The highest BCUT2D eigenvalue weighted by Gasteiger charge is 2.12. The van der Waals surface area contributed by atoms with Crippen LogP contribution >= 0.6 is 11.3 Å². The van der Waals surface area contributed by atoms with Gasteiger partial charge in [0.05, 0.1) is 5.01 Å². The fourth-order valence-electron chi connectivity index (χ4n) is 1.60. The van der Waals surface area contributed by atoms with E-state index < -0.39 is 0 Å². The summed E-state index contributed by atoms with van der Waals surface area (Å²) in [5.74, 6) is 1.77. The number of nitrogens with two attached hydrogens (primary N) is 1. The molecule has 2 heterocycles. The average molecular weight is 237 g/mol. The van der Waals surface area contributed by atoms with Crippen LogP contribution in [0.3, 0.4) is 0 Å². The summed E-state index contributed by atoms with van der Waals surface area (Å²) in [6, 6.07) is 0. The van der Waals surface area contributed by atoms with Gasteiger partial charge in [-0.25, -0.2) is 4.98 Å². The van der Waals surface area contributed by atoms with Crippen molar-refractivity contribution in [1.29, 1.82) is 0 Å². The predicted octanol–water partition coefficient (Wildman–Crippen LogP) is 1.23. The summed E-state index contributed by atoms with van der Waals surface area (Å²) in [7, 11) is 0. The van der Waals surface area contributed by atoms with Crippen LogP contribution in [0.2, 0.25) is 0 Å². The van der Waals surface area contributed by atoms with E-state index in [4.69, 9.17) is 5.73 Å². The SMILES string of the molecule is CCn1c(C)nnc1-c1csc(CCN)n1. The van der Waals surface area contributed by atoms with Crippen molar-refractivity contribution in [3.05, 3.63) is 16.2 Å². The van der Waals surface area contributed by atoms with E-state index in [0.29, 0.717) is 6.54 Å². The molecule has 0 aliphatic heterocycles. The molecule has 0 bridgehead atoms. The van der Waals surface area contributed by atoms with Crippen LogP contribution in [0.1, 0.15) is 17.8 Å². The second-order valence-electron chi connectivity index (χ2n) is 3.48. The Morgan fingerprint density at radius 1 is 1.44 bits per heavy atom. The zero-order valence-electron chi connectivity index (χ0n) is 9.47. The molecule has 86 valence electrons. The molecule has 16 heavy (non-hydrogen) atoms. The summed E-state index contributed by atoms with van der Waals surface area (Å²) < 4.78 is 2.06. The quantitative estimate of drug-likeness (QED) is 0.868. The molecule has 0 aliphatic carbocycles. The molecular weight excluding hydrogens is 222 g/mol. The van der Waals surface area contributed by atoms with E-state index >= 15 is 0 Å². The van der Waals surface area contributed by atoms with Gasteiger partial charge in [-0.1, -0.05) is 0 Å². The first-order valence-electron chi connectivity index (χ1n) is 5.31. The molecule has 0 unspecified atom stereocenters. The summed E-state index contributed by atoms with van der Waals surface area (Å²) in [5, 5.41) is 11.3. The van der Waals surface area contributed by atoms with Gasteiger partial charge >= 0.3 is 0 Å². The molecule has 2 N–H and O–H groups in total. The lowest BCUT2D eigenvalue weighted by molar-refractivity contribution is 0.735. The minimum atomic E-state index is 0.631. The molecule has 0 amide bonds. The molecule has 0 aromatic carbocycles. The zero-order valence-corrected chi connectivity index (χ0v) is 10.3. The van der Waals surface area contributed by atoms with Crippen LogP contribution < -0.4 is 5.73 Å². The van der Waals surface area contributed by atoms with Crippen molar-refractivity contribution in [2.24, 2.45) is 5.73 Å². The molecule has 0 saturated carbocycles. The number of aryl methyl sites for hydroxylation is 1. The van der Waals surface area contributed by atoms with E-state index in [0.717, 1.165) is 35.3 Å². The van der Waals surface area contributed by atoms with Gasteiger partial charge in [0.25, 0.3) is 0 Å². The van der Waals surface area contributed by atoms with Crippen LogP contribution in [0.4, 0.5) is 0 Å². The molecular formula is C10H15N5S. The van der Waals surface area contributed by atoms with Crippen LogP contribution in [0.25, 0.3) is 11.5 Å². The fourth-order valence-corrected chi connectivity index (χ4v) is 2.39. The Hall–Kier alpha value is -1.27. The molecule has 0 aliphatic rings. The summed E-state index contributed by atoms with van der Waals surface area (Å²) in [4.78, 5) is 4.51. The zero-order chi connectivity index (χ0) is 11.5. The summed E-state index contributed by atoms with van der Waals surface area (Å²) in [5.41, 5.74) is 6.40. The highest BCUT2D eigenvalue weighted by atomic mass is 32.1. The number of nitrogens with zero attached hydrogens (tertiary/aromatic N) is 4. The molecule has 0 saturated heterocycles. The van der Waals surface area contributed by atoms with Crippen molar-refractivity contribution in [1.82, 2.24) is 19.7 Å². The molecule has 2 aromatic heterocycles. The Morgan fingerprint density at radius 2 is 2.25 bits per heavy atom. The van der Waals surface area contributed by atoms with Crippen molar-refractivity contribution in [3.8, 4) is 11.5 Å². The highest BCUT2D eigenvalue weighted by molar-refractivity contribution is 7.09. The van der Waals surface area contributed by atoms with Crippen molar-refractivity contribution in [3.63, 3.8) is 0 Å². The van der Waals surface area contributed by atoms with Crippen molar-refractivity contribution in [2.75, 3.05) is 6.54 Å². The Balaban J connectivity index is 2.34. The van der Waals surface area contributed by atoms with Gasteiger partial charge in [-0.3, -0.25) is 0 Å². The third-order valence-corrected chi connectivity index (χ3v) is 3.30. The fraction of sp³-hybridized carbons (Fsp3) is 0.500. The predicted molar refractivity (Wildman–Crippen MR) is 64.3 cm³/mol. The Labute approximate surface area is 98.3 Å². The minimum absolute atomic E-state index is 0.631. The third kappa shape index (κ3) is 1.98. The normalized spacial score (nSPS) is 10.9. The van der Waals surface area contributed by atoms with Gasteiger partial charge in [-0.05, 0) is 20.4 Å². The molecule has 2 aromatic rings. The standard InChI is InChI=1S/C10H15N5S/c1-3-15-7(2)13-14-10(15)8-6-16-9(12-8)4-5-11/h6H,3-5,11H2,1-2H3. The maximum absolute atomic E-state index is 5.50. The smallest absolute Gasteiger partial charge is 0.183 e. The Morgan fingerprint density at radius 3 is 2.94 bits per heavy atom. The highest BCUT2D eigenvalue weighted by Crippen LogP contribution is 2.21. The van der Waals surface area contributed by atoms with E-state index in [9.17, 15) is 0 Å². The lowest BCUT2D eigenvalue weighted by Gasteiger charge is -2.01. The molecule has 6 heteroatoms. The minimum Gasteiger partial charge on any atom is -0.330 e. The van der Waals surface area contributed by atoms with Gasteiger partial charge in [0.15, 0.2) is 5.82 Å². The van der Waals surface area contributed by atoms with Crippen molar-refractivity contribution < 1.29 is 0 Å². The van der Waals surface area contributed by atoms with Crippen LogP contribution in [-0.4, -0.2) is 26.3 Å². The van der Waals surface area contributed by atoms with Crippen LogP contribution in [0.5, 0.6) is 0 Å². The summed E-state index contributed by atoms with van der Waals surface area (Å²) in [6.45, 7) is 5.52. The number of rotatable bonds is 4. The van der Waals surface area contributed by atoms with E-state index in [-0.39, 0.29) is 0 Å². The maximum atomic E-state index is 5.50. The Bertz CT molecular complexity index is 473. The first kappa shape index (κ1) is 11.2. The maximum Gasteiger partial charge on any atom is 0.183 e. The molecule has 2 rings (SSSR count). The van der Waals surface area contributed by atoms with Crippen molar-refractivity contribution >= 4 is 11.3 Å². The number of aromatic nitrogens is 4. The van der Waals surface area contributed by atoms with Gasteiger partial charge in [-0.2, -0.15) is 0 Å². The van der Waals surface area contributed by atoms with Gasteiger partial charge < -0.3 is 10.3 Å². The second kappa shape index (κ2) is 4.71. The third-order valence-electron chi connectivity index (χ3n) is 2.39. The van der Waals surface area contributed by atoms with Gasteiger partial charge in [-0.15, -0.1) is 21.5 Å². The lowest BCUT2D eigenvalue weighted by atomic mass is 10.4. The van der Waals surface area contributed by atoms with Gasteiger partial charge in [0.1, 0.15) is 11.5 Å². The van der Waals surface area contributed by atoms with E-state index in [1.807, 2.05) is 12.3 Å². The molecule has 0 spiro atoms. The van der Waals surface area contributed by atoms with Gasteiger partial charge in [0, 0.05) is 18.3 Å². The monoisotopic (exact) mass is 237 g/mol. The van der Waals surface area contributed by atoms with E-state index in [2.05, 4.69) is 26.7 Å². The summed E-state index contributed by atoms with van der Waals surface area (Å²) in [6.07, 6.45) is 0.823. The molecule has 0 radical (unpaired) electrons. The number of hydrogen-bond donors (Lipinski definition) is 1. The lowest BCUT2D eigenvalue weighted by Crippen LogP contribution is -2.03. The summed E-state index contributed by atoms with van der Waals surface area (Å²) >= 11 is 1.63. The van der Waals surface area contributed by atoms with Crippen LogP contribution in [-0.2, 0) is 13.0 Å². The second-order valence-corrected chi connectivity index (χ2v) is 4.42. The average Bonchev–Trinajstić information content (AvgIpc) is 2.85. The van der Waals surface area contributed by atoms with Gasteiger partial charge in [0.2, 0.25) is 0 Å².